The van der Waals surface area contributed by atoms with Gasteiger partial charge < -0.3 is 15.0 Å². The lowest BCUT2D eigenvalue weighted by Crippen LogP contribution is -2.30. The molecule has 1 fully saturated rings. The number of pyridine rings is 1. The number of esters is 1. The molecule has 1 saturated heterocycles. The highest BCUT2D eigenvalue weighted by Crippen LogP contribution is 2.25. The van der Waals surface area contributed by atoms with Crippen LogP contribution in [0.25, 0.3) is 0 Å². The van der Waals surface area contributed by atoms with E-state index in [1.165, 1.54) is 12.4 Å². The van der Waals surface area contributed by atoms with Gasteiger partial charge in [0.25, 0.3) is 5.91 Å². The van der Waals surface area contributed by atoms with Crippen LogP contribution in [0.2, 0.25) is 0 Å². The van der Waals surface area contributed by atoms with Gasteiger partial charge in [0.1, 0.15) is 6.61 Å². The van der Waals surface area contributed by atoms with Crippen molar-refractivity contribution in [2.75, 3.05) is 24.6 Å². The van der Waals surface area contributed by atoms with Gasteiger partial charge in [-0.25, -0.2) is 0 Å². The first-order valence-electron chi connectivity index (χ1n) is 8.35. The van der Waals surface area contributed by atoms with Gasteiger partial charge >= 0.3 is 5.97 Å². The van der Waals surface area contributed by atoms with Gasteiger partial charge in [0.05, 0.1) is 12.5 Å². The number of hydrogen-bond acceptors (Lipinski definition) is 5. The number of nitrogens with zero attached hydrogens (tertiary/aromatic N) is 2. The smallest absolute Gasteiger partial charge is 0.311 e. The Morgan fingerprint density at radius 1 is 1.15 bits per heavy atom. The fourth-order valence-electron chi connectivity index (χ4n) is 2.76. The molecule has 0 bridgehead atoms. The van der Waals surface area contributed by atoms with Gasteiger partial charge in [-0.1, -0.05) is 18.2 Å². The van der Waals surface area contributed by atoms with Crippen LogP contribution in [0.15, 0.2) is 54.9 Å². The quantitative estimate of drug-likeness (QED) is 0.626. The Morgan fingerprint density at radius 2 is 1.88 bits per heavy atom. The van der Waals surface area contributed by atoms with E-state index >= 15 is 0 Å². The molecule has 1 aliphatic heterocycles. The average molecular weight is 353 g/mol. The van der Waals surface area contributed by atoms with Crippen LogP contribution in [-0.4, -0.2) is 42.5 Å². The van der Waals surface area contributed by atoms with E-state index in [1.54, 1.807) is 17.0 Å². The Balaban J connectivity index is 1.43. The molecule has 7 heteroatoms. The fraction of sp³-hybridized carbons (Fsp3) is 0.263. The molecule has 1 aromatic heterocycles. The van der Waals surface area contributed by atoms with Crippen molar-refractivity contribution in [1.29, 1.82) is 0 Å². The normalized spacial score (nSPS) is 16.4. The van der Waals surface area contributed by atoms with Gasteiger partial charge in [0, 0.05) is 36.6 Å². The minimum Gasteiger partial charge on any atom is -0.464 e. The molecule has 26 heavy (non-hydrogen) atoms. The Hall–Kier alpha value is -3.22. The molecule has 2 aromatic rings. The third-order valence-corrected chi connectivity index (χ3v) is 4.10. The first-order valence-corrected chi connectivity index (χ1v) is 8.35. The maximum Gasteiger partial charge on any atom is 0.311 e. The highest BCUT2D eigenvalue weighted by atomic mass is 16.5. The number of carbonyl (C=O) groups excluding carboxylic acids is 3. The summed E-state index contributed by atoms with van der Waals surface area (Å²) in [5, 5.41) is 2.67. The zero-order valence-electron chi connectivity index (χ0n) is 14.1. The maximum absolute atomic E-state index is 12.2. The summed E-state index contributed by atoms with van der Waals surface area (Å²) in [7, 11) is 0. The molecule has 0 aliphatic carbocycles. The highest BCUT2D eigenvalue weighted by molar-refractivity contribution is 5.99. The Bertz CT molecular complexity index is 780. The number of benzene rings is 1. The molecular weight excluding hydrogens is 334 g/mol. The average Bonchev–Trinajstić information content (AvgIpc) is 3.08. The Labute approximate surface area is 151 Å². The van der Waals surface area contributed by atoms with Gasteiger partial charge in [0.15, 0.2) is 0 Å². The minimum atomic E-state index is -0.487. The van der Waals surface area contributed by atoms with E-state index < -0.39 is 11.9 Å². The predicted molar refractivity (Wildman–Crippen MR) is 94.4 cm³/mol. The maximum atomic E-state index is 12.2. The zero-order valence-corrected chi connectivity index (χ0v) is 14.1. The van der Waals surface area contributed by atoms with E-state index in [0.717, 1.165) is 5.69 Å². The number of para-hydroxylation sites is 1. The number of nitrogens with one attached hydrogen (secondary N) is 1. The number of carbonyl (C=O) groups is 3. The molecule has 1 atom stereocenters. The zero-order chi connectivity index (χ0) is 18.4. The lowest BCUT2D eigenvalue weighted by atomic mass is 10.1. The topological polar surface area (TPSA) is 88.6 Å². The Morgan fingerprint density at radius 3 is 2.62 bits per heavy atom. The molecule has 134 valence electrons. The molecule has 7 nitrogen and oxygen atoms in total. The van der Waals surface area contributed by atoms with Crippen molar-refractivity contribution < 1.29 is 19.1 Å². The summed E-state index contributed by atoms with van der Waals surface area (Å²) in [5.41, 5.74) is 1.27. The van der Waals surface area contributed by atoms with Crippen molar-refractivity contribution in [1.82, 2.24) is 10.3 Å². The van der Waals surface area contributed by atoms with Crippen LogP contribution in [0.3, 0.4) is 0 Å². The van der Waals surface area contributed by atoms with E-state index in [0.29, 0.717) is 12.1 Å². The van der Waals surface area contributed by atoms with Crippen LogP contribution in [0.1, 0.15) is 16.8 Å². The SMILES string of the molecule is O=C(NCCOC(=O)[C@H]1CC(=O)N(c2ccccc2)C1)c1ccncc1. The van der Waals surface area contributed by atoms with E-state index in [9.17, 15) is 14.4 Å². The largest absolute Gasteiger partial charge is 0.464 e. The molecule has 3 rings (SSSR count). The van der Waals surface area contributed by atoms with E-state index in [-0.39, 0.29) is 31.4 Å². The fourth-order valence-corrected chi connectivity index (χ4v) is 2.76. The van der Waals surface area contributed by atoms with Crippen molar-refractivity contribution in [2.45, 2.75) is 6.42 Å². The second kappa shape index (κ2) is 8.24. The summed E-state index contributed by atoms with van der Waals surface area (Å²) < 4.78 is 5.20. The van der Waals surface area contributed by atoms with Crippen molar-refractivity contribution in [2.24, 2.45) is 5.92 Å². The van der Waals surface area contributed by atoms with E-state index in [4.69, 9.17) is 4.74 Å². The summed E-state index contributed by atoms with van der Waals surface area (Å²) in [6.45, 7) is 0.576. The lowest BCUT2D eigenvalue weighted by molar-refractivity contribution is -0.148. The Kier molecular flexibility index (Phi) is 5.58. The third-order valence-electron chi connectivity index (χ3n) is 4.10. The number of hydrogen-bond donors (Lipinski definition) is 1. The van der Waals surface area contributed by atoms with Gasteiger partial charge in [-0.2, -0.15) is 0 Å². The molecule has 2 amide bonds. The number of anilines is 1. The lowest BCUT2D eigenvalue weighted by Gasteiger charge is -2.16. The standard InChI is InChI=1S/C19H19N3O4/c23-17-12-15(13-22(17)16-4-2-1-3-5-16)19(25)26-11-10-21-18(24)14-6-8-20-9-7-14/h1-9,15H,10-13H2,(H,21,24)/t15-/m0/s1. The highest BCUT2D eigenvalue weighted by Gasteiger charge is 2.36. The van der Waals surface area contributed by atoms with Crippen molar-refractivity contribution in [3.63, 3.8) is 0 Å². The van der Waals surface area contributed by atoms with Crippen LogP contribution in [0.4, 0.5) is 5.69 Å². The molecular formula is C19H19N3O4. The third kappa shape index (κ3) is 4.24. The van der Waals surface area contributed by atoms with Crippen molar-refractivity contribution in [3.8, 4) is 0 Å². The van der Waals surface area contributed by atoms with Gasteiger partial charge in [-0.3, -0.25) is 19.4 Å². The molecule has 0 unspecified atom stereocenters. The number of ether oxygens (including phenoxy) is 1. The monoisotopic (exact) mass is 353 g/mol. The number of aromatic nitrogens is 1. The molecule has 1 aliphatic rings. The number of amides is 2. The molecule has 0 spiro atoms. The summed E-state index contributed by atoms with van der Waals surface area (Å²) in [6.07, 6.45) is 3.20. The predicted octanol–water partition coefficient (Wildman–Crippen LogP) is 1.41. The molecule has 0 radical (unpaired) electrons. The van der Waals surface area contributed by atoms with Crippen LogP contribution in [-0.2, 0) is 14.3 Å². The van der Waals surface area contributed by atoms with Crippen LogP contribution >= 0.6 is 0 Å². The van der Waals surface area contributed by atoms with E-state index in [2.05, 4.69) is 10.3 Å². The van der Waals surface area contributed by atoms with E-state index in [1.807, 2.05) is 30.3 Å². The summed E-state index contributed by atoms with van der Waals surface area (Å²) in [4.78, 5) is 41.6. The van der Waals surface area contributed by atoms with Crippen molar-refractivity contribution >= 4 is 23.5 Å². The summed E-state index contributed by atoms with van der Waals surface area (Å²) >= 11 is 0. The first-order chi connectivity index (χ1) is 12.6. The van der Waals surface area contributed by atoms with Gasteiger partial charge in [0.2, 0.25) is 5.91 Å². The van der Waals surface area contributed by atoms with Gasteiger partial charge in [-0.05, 0) is 24.3 Å². The van der Waals surface area contributed by atoms with Crippen molar-refractivity contribution in [3.05, 3.63) is 60.4 Å². The number of rotatable bonds is 6. The van der Waals surface area contributed by atoms with Crippen LogP contribution in [0.5, 0.6) is 0 Å². The van der Waals surface area contributed by atoms with Crippen LogP contribution in [0, 0.1) is 5.92 Å². The minimum absolute atomic E-state index is 0.0612. The summed E-state index contributed by atoms with van der Waals surface area (Å²) in [5.74, 6) is -1.26. The molecule has 2 heterocycles. The van der Waals surface area contributed by atoms with Crippen LogP contribution < -0.4 is 10.2 Å². The summed E-state index contributed by atoms with van der Waals surface area (Å²) in [6, 6.07) is 12.4. The first kappa shape index (κ1) is 17.6. The molecule has 0 saturated carbocycles. The molecule has 1 aromatic carbocycles. The van der Waals surface area contributed by atoms with Gasteiger partial charge in [-0.15, -0.1) is 0 Å². The molecule has 1 N–H and O–H groups in total. The second-order valence-electron chi connectivity index (χ2n) is 5.90. The second-order valence-corrected chi connectivity index (χ2v) is 5.90.